The van der Waals surface area contributed by atoms with Crippen molar-refractivity contribution in [2.45, 2.75) is 38.6 Å². The van der Waals surface area contributed by atoms with Gasteiger partial charge in [-0.3, -0.25) is 4.79 Å². The third kappa shape index (κ3) is 3.59. The van der Waals surface area contributed by atoms with Crippen molar-refractivity contribution in [3.63, 3.8) is 0 Å². The lowest BCUT2D eigenvalue weighted by molar-refractivity contribution is 0.0966. The van der Waals surface area contributed by atoms with E-state index in [9.17, 15) is 4.79 Å². The molecule has 2 aliphatic rings. The van der Waals surface area contributed by atoms with E-state index in [1.165, 1.54) is 5.56 Å². The van der Waals surface area contributed by atoms with E-state index in [0.29, 0.717) is 18.0 Å². The number of ether oxygens (including phenoxy) is 1. The quantitative estimate of drug-likeness (QED) is 0.320. The van der Waals surface area contributed by atoms with E-state index >= 15 is 0 Å². The van der Waals surface area contributed by atoms with E-state index < -0.39 is 0 Å². The first-order chi connectivity index (χ1) is 18.2. The highest BCUT2D eigenvalue weighted by Crippen LogP contribution is 2.39. The zero-order valence-electron chi connectivity index (χ0n) is 20.6. The average molecular weight is 494 g/mol. The smallest absolute Gasteiger partial charge is 0.254 e. The number of carbonyl (C=O) groups excluding carboxylic acids is 1. The molecule has 4 aromatic heterocycles. The first-order valence-corrected chi connectivity index (χ1v) is 12.8. The Bertz CT molecular complexity index is 1660. The monoisotopic (exact) mass is 493 g/mol. The molecule has 37 heavy (non-hydrogen) atoms. The maximum atomic E-state index is 13.0. The van der Waals surface area contributed by atoms with Crippen molar-refractivity contribution in [3.8, 4) is 11.1 Å². The van der Waals surface area contributed by atoms with E-state index in [1.807, 2.05) is 41.2 Å². The second-order valence-electron chi connectivity index (χ2n) is 9.73. The Morgan fingerprint density at radius 3 is 2.97 bits per heavy atom. The number of anilines is 2. The van der Waals surface area contributed by atoms with Crippen LogP contribution < -0.4 is 10.6 Å². The van der Waals surface area contributed by atoms with Crippen molar-refractivity contribution in [2.24, 2.45) is 0 Å². The van der Waals surface area contributed by atoms with E-state index in [4.69, 9.17) is 14.1 Å². The maximum Gasteiger partial charge on any atom is 0.254 e. The van der Waals surface area contributed by atoms with E-state index in [2.05, 4.69) is 34.8 Å². The number of nitrogens with one attached hydrogen (secondary N) is 2. The summed E-state index contributed by atoms with van der Waals surface area (Å²) in [4.78, 5) is 18.0. The lowest BCUT2D eigenvalue weighted by Crippen LogP contribution is -2.14. The van der Waals surface area contributed by atoms with E-state index in [1.54, 1.807) is 6.26 Å². The standard InChI is InChI=1S/C29H27N5O3/c1-2-3-23-18(17-9-12-36-16-17)5-7-26(32-23)33-24-6-4-19(21-14-30-29(35)27(21)24)22-15-31-34-11-8-25-20(28(22)34)10-13-37-25/h4-8,10-11,13,15,17H,2-3,9,12,14,16H2,1H3,(H,30,35)(H,32,33). The predicted octanol–water partition coefficient (Wildman–Crippen LogP) is 5.59. The molecule has 186 valence electrons. The number of aryl methyl sites for hydroxylation is 1. The summed E-state index contributed by atoms with van der Waals surface area (Å²) in [7, 11) is 0. The molecule has 0 bridgehead atoms. The number of amides is 1. The summed E-state index contributed by atoms with van der Waals surface area (Å²) in [5.41, 5.74) is 8.48. The Balaban J connectivity index is 1.30. The van der Waals surface area contributed by atoms with Crippen LogP contribution in [-0.2, 0) is 17.7 Å². The number of aromatic nitrogens is 3. The average Bonchev–Trinajstić information content (AvgIpc) is 3.71. The SMILES string of the molecule is CCCc1nc(Nc2ccc(-c3cnn4ccc5occc5c34)c3c2C(=O)NC3)ccc1C1CCOC1. The van der Waals surface area contributed by atoms with Crippen molar-refractivity contribution < 1.29 is 13.9 Å². The lowest BCUT2D eigenvalue weighted by atomic mass is 9.94. The van der Waals surface area contributed by atoms with Gasteiger partial charge in [0.1, 0.15) is 11.4 Å². The van der Waals surface area contributed by atoms with Crippen molar-refractivity contribution in [3.05, 3.63) is 77.4 Å². The minimum absolute atomic E-state index is 0.0854. The fraction of sp³-hybridized carbons (Fsp3) is 0.276. The number of hydrogen-bond donors (Lipinski definition) is 2. The first kappa shape index (κ1) is 22.1. The van der Waals surface area contributed by atoms with Crippen LogP contribution in [0.3, 0.4) is 0 Å². The number of benzene rings is 1. The molecule has 0 aliphatic carbocycles. The summed E-state index contributed by atoms with van der Waals surface area (Å²) >= 11 is 0. The summed E-state index contributed by atoms with van der Waals surface area (Å²) in [6.45, 7) is 4.20. The van der Waals surface area contributed by atoms with Gasteiger partial charge in [0.25, 0.3) is 5.91 Å². The molecule has 0 radical (unpaired) electrons. The van der Waals surface area contributed by atoms with Gasteiger partial charge >= 0.3 is 0 Å². The minimum atomic E-state index is -0.0854. The zero-order valence-corrected chi connectivity index (χ0v) is 20.6. The first-order valence-electron chi connectivity index (χ1n) is 12.8. The van der Waals surface area contributed by atoms with Crippen LogP contribution in [0, 0.1) is 0 Å². The van der Waals surface area contributed by atoms with Crippen LogP contribution in [0.5, 0.6) is 0 Å². The van der Waals surface area contributed by atoms with Gasteiger partial charge in [0.05, 0.1) is 35.8 Å². The topological polar surface area (TPSA) is 93.7 Å². The van der Waals surface area contributed by atoms with E-state index in [0.717, 1.165) is 82.9 Å². The van der Waals surface area contributed by atoms with Crippen LogP contribution in [0.25, 0.3) is 27.6 Å². The Labute approximate surface area is 213 Å². The van der Waals surface area contributed by atoms with E-state index in [-0.39, 0.29) is 5.91 Å². The highest BCUT2D eigenvalue weighted by atomic mass is 16.5. The molecule has 8 heteroatoms. The summed E-state index contributed by atoms with van der Waals surface area (Å²) in [6, 6.07) is 12.1. The Morgan fingerprint density at radius 2 is 2.11 bits per heavy atom. The Hall–Kier alpha value is -4.17. The number of carbonyl (C=O) groups is 1. The highest BCUT2D eigenvalue weighted by molar-refractivity contribution is 6.08. The van der Waals surface area contributed by atoms with Gasteiger partial charge in [0.2, 0.25) is 0 Å². The Morgan fingerprint density at radius 1 is 1.16 bits per heavy atom. The summed E-state index contributed by atoms with van der Waals surface area (Å²) in [5.74, 6) is 1.07. The molecule has 1 aromatic carbocycles. The van der Waals surface area contributed by atoms with Crippen LogP contribution in [0.2, 0.25) is 0 Å². The number of nitrogens with zero attached hydrogens (tertiary/aromatic N) is 3. The molecule has 1 amide bonds. The summed E-state index contributed by atoms with van der Waals surface area (Å²) in [6.07, 6.45) is 8.41. The fourth-order valence-electron chi connectivity index (χ4n) is 5.74. The molecule has 1 fully saturated rings. The molecular weight excluding hydrogens is 466 g/mol. The highest BCUT2D eigenvalue weighted by Gasteiger charge is 2.28. The number of furan rings is 1. The second kappa shape index (κ2) is 8.74. The molecule has 1 unspecified atom stereocenters. The molecular formula is C29H27N5O3. The second-order valence-corrected chi connectivity index (χ2v) is 9.73. The summed E-state index contributed by atoms with van der Waals surface area (Å²) in [5, 5.41) is 12.0. The molecule has 8 nitrogen and oxygen atoms in total. The molecule has 7 rings (SSSR count). The molecule has 0 saturated carbocycles. The predicted molar refractivity (Wildman–Crippen MR) is 141 cm³/mol. The van der Waals surface area contributed by atoms with Crippen LogP contribution in [0.4, 0.5) is 11.5 Å². The largest absolute Gasteiger partial charge is 0.464 e. The van der Waals surface area contributed by atoms with Gasteiger partial charge in [-0.2, -0.15) is 5.10 Å². The van der Waals surface area contributed by atoms with Gasteiger partial charge < -0.3 is 19.8 Å². The van der Waals surface area contributed by atoms with Gasteiger partial charge in [-0.15, -0.1) is 0 Å². The van der Waals surface area contributed by atoms with Crippen molar-refractivity contribution >= 4 is 33.9 Å². The molecule has 2 N–H and O–H groups in total. The van der Waals surface area contributed by atoms with Gasteiger partial charge in [0.15, 0.2) is 0 Å². The number of rotatable bonds is 6. The van der Waals surface area contributed by atoms with Gasteiger partial charge in [-0.05, 0) is 53.8 Å². The molecule has 0 spiro atoms. The normalized spacial score (nSPS) is 17.0. The minimum Gasteiger partial charge on any atom is -0.464 e. The molecule has 1 atom stereocenters. The number of hydrogen-bond acceptors (Lipinski definition) is 6. The third-order valence-corrected chi connectivity index (χ3v) is 7.50. The van der Waals surface area contributed by atoms with Gasteiger partial charge in [0, 0.05) is 41.9 Å². The summed E-state index contributed by atoms with van der Waals surface area (Å²) < 4.78 is 13.1. The fourth-order valence-corrected chi connectivity index (χ4v) is 5.74. The van der Waals surface area contributed by atoms with Crippen molar-refractivity contribution in [1.82, 2.24) is 19.9 Å². The van der Waals surface area contributed by atoms with Crippen LogP contribution in [0.1, 0.15) is 52.9 Å². The molecule has 6 heterocycles. The number of fused-ring (bicyclic) bond motifs is 4. The van der Waals surface area contributed by atoms with Crippen molar-refractivity contribution in [1.29, 1.82) is 0 Å². The lowest BCUT2D eigenvalue weighted by Gasteiger charge is -2.17. The van der Waals surface area contributed by atoms with Gasteiger partial charge in [-0.25, -0.2) is 9.50 Å². The van der Waals surface area contributed by atoms with Crippen LogP contribution in [-0.4, -0.2) is 33.7 Å². The van der Waals surface area contributed by atoms with Gasteiger partial charge in [-0.1, -0.05) is 25.5 Å². The zero-order chi connectivity index (χ0) is 24.9. The maximum absolute atomic E-state index is 13.0. The molecule has 5 aromatic rings. The number of pyridine rings is 2. The Kier molecular flexibility index (Phi) is 5.21. The van der Waals surface area contributed by atoms with Crippen LogP contribution in [0.15, 0.2) is 59.5 Å². The molecule has 2 aliphatic heterocycles. The van der Waals surface area contributed by atoms with Crippen molar-refractivity contribution in [2.75, 3.05) is 18.5 Å². The van der Waals surface area contributed by atoms with Crippen LogP contribution >= 0.6 is 0 Å². The molecule has 1 saturated heterocycles. The third-order valence-electron chi connectivity index (χ3n) is 7.50.